The van der Waals surface area contributed by atoms with Gasteiger partial charge in [-0.3, -0.25) is 9.69 Å². The number of nitrogens with zero attached hydrogens (tertiary/aromatic N) is 1. The van der Waals surface area contributed by atoms with Crippen molar-refractivity contribution < 1.29 is 9.53 Å². The molecule has 0 N–H and O–H groups in total. The van der Waals surface area contributed by atoms with Crippen molar-refractivity contribution in [2.24, 2.45) is 0 Å². The van der Waals surface area contributed by atoms with Gasteiger partial charge in [0.1, 0.15) is 0 Å². The zero-order valence-corrected chi connectivity index (χ0v) is 9.37. The highest BCUT2D eigenvalue weighted by Gasteiger charge is 2.31. The van der Waals surface area contributed by atoms with Crippen LogP contribution >= 0.6 is 0 Å². The van der Waals surface area contributed by atoms with Gasteiger partial charge in [-0.05, 0) is 32.6 Å². The minimum atomic E-state index is -0.0793. The Balaban J connectivity index is 1.91. The lowest BCUT2D eigenvalue weighted by Crippen LogP contribution is -2.36. The average Bonchev–Trinajstić information content (AvgIpc) is 2.62. The van der Waals surface area contributed by atoms with Crippen molar-refractivity contribution in [2.75, 3.05) is 19.7 Å². The minimum Gasteiger partial charge on any atom is -0.465 e. The Kier molecular flexibility index (Phi) is 3.41. The Morgan fingerprint density at radius 2 is 2.53 bits per heavy atom. The second-order valence-electron chi connectivity index (χ2n) is 4.25. The summed E-state index contributed by atoms with van der Waals surface area (Å²) in [5.74, 6) is -0.0793. The van der Waals surface area contributed by atoms with Crippen LogP contribution in [0.1, 0.15) is 32.6 Å². The highest BCUT2D eigenvalue weighted by atomic mass is 16.5. The Morgan fingerprint density at radius 1 is 1.67 bits per heavy atom. The zero-order chi connectivity index (χ0) is 10.7. The summed E-state index contributed by atoms with van der Waals surface area (Å²) in [6.07, 6.45) is 7.20. The predicted octanol–water partition coefficient (Wildman–Crippen LogP) is 1.73. The fourth-order valence-electron chi connectivity index (χ4n) is 2.60. The van der Waals surface area contributed by atoms with Crippen LogP contribution in [0.3, 0.4) is 0 Å². The summed E-state index contributed by atoms with van der Waals surface area (Å²) in [6.45, 7) is 3.83. The molecule has 2 rings (SSSR count). The van der Waals surface area contributed by atoms with Gasteiger partial charge in [0.2, 0.25) is 0 Å². The van der Waals surface area contributed by atoms with Crippen LogP contribution in [0.4, 0.5) is 0 Å². The number of esters is 1. The maximum absolute atomic E-state index is 11.4. The lowest BCUT2D eigenvalue weighted by atomic mass is 9.95. The third-order valence-electron chi connectivity index (χ3n) is 3.28. The number of hydrogen-bond acceptors (Lipinski definition) is 3. The first-order valence-corrected chi connectivity index (χ1v) is 5.90. The quantitative estimate of drug-likeness (QED) is 0.523. The summed E-state index contributed by atoms with van der Waals surface area (Å²) in [5.41, 5.74) is 1.55. The molecule has 0 radical (unpaired) electrons. The van der Waals surface area contributed by atoms with E-state index in [9.17, 15) is 4.79 Å². The minimum absolute atomic E-state index is 0.0793. The molecule has 0 aromatic rings. The Morgan fingerprint density at radius 3 is 3.33 bits per heavy atom. The summed E-state index contributed by atoms with van der Waals surface area (Å²) in [4.78, 5) is 13.7. The summed E-state index contributed by atoms with van der Waals surface area (Å²) in [5, 5.41) is 0. The molecule has 3 nitrogen and oxygen atoms in total. The molecule has 2 aliphatic rings. The molecule has 1 saturated heterocycles. The monoisotopic (exact) mass is 209 g/mol. The fraction of sp³-hybridized carbons (Fsp3) is 0.750. The van der Waals surface area contributed by atoms with Crippen LogP contribution in [0.5, 0.6) is 0 Å². The van der Waals surface area contributed by atoms with Crippen LogP contribution in [0.25, 0.3) is 0 Å². The highest BCUT2D eigenvalue weighted by Crippen LogP contribution is 2.31. The number of fused-ring (bicyclic) bond motifs is 1. The van der Waals surface area contributed by atoms with Gasteiger partial charge in [-0.2, -0.15) is 0 Å². The van der Waals surface area contributed by atoms with Crippen molar-refractivity contribution in [2.45, 2.75) is 38.6 Å². The first kappa shape index (κ1) is 10.7. The number of carbonyl (C=O) groups is 1. The van der Waals surface area contributed by atoms with E-state index in [0.29, 0.717) is 19.2 Å². The lowest BCUT2D eigenvalue weighted by Gasteiger charge is -2.26. The van der Waals surface area contributed by atoms with Crippen LogP contribution in [0.15, 0.2) is 11.6 Å². The Bertz CT molecular complexity index is 273. The summed E-state index contributed by atoms with van der Waals surface area (Å²) in [7, 11) is 0. The number of allylic oxidation sites excluding steroid dienone is 1. The lowest BCUT2D eigenvalue weighted by molar-refractivity contribution is -0.144. The highest BCUT2D eigenvalue weighted by molar-refractivity contribution is 5.71. The molecule has 0 amide bonds. The van der Waals surface area contributed by atoms with E-state index in [1.165, 1.54) is 19.3 Å². The van der Waals surface area contributed by atoms with Crippen LogP contribution in [0, 0.1) is 0 Å². The molecule has 1 aliphatic heterocycles. The molecule has 1 aliphatic carbocycles. The van der Waals surface area contributed by atoms with Gasteiger partial charge in [-0.15, -0.1) is 0 Å². The summed E-state index contributed by atoms with van der Waals surface area (Å²) < 4.78 is 4.98. The Labute approximate surface area is 91.1 Å². The topological polar surface area (TPSA) is 29.5 Å². The van der Waals surface area contributed by atoms with Crippen molar-refractivity contribution in [1.82, 2.24) is 4.90 Å². The predicted molar refractivity (Wildman–Crippen MR) is 58.5 cm³/mol. The van der Waals surface area contributed by atoms with Gasteiger partial charge >= 0.3 is 5.97 Å². The molecule has 0 aromatic carbocycles. The zero-order valence-electron chi connectivity index (χ0n) is 9.37. The second-order valence-corrected chi connectivity index (χ2v) is 4.25. The maximum Gasteiger partial charge on any atom is 0.320 e. The molecule has 3 heteroatoms. The average molecular weight is 209 g/mol. The molecule has 0 saturated carbocycles. The van der Waals surface area contributed by atoms with Gasteiger partial charge < -0.3 is 4.74 Å². The van der Waals surface area contributed by atoms with E-state index in [2.05, 4.69) is 11.0 Å². The SMILES string of the molecule is CCOC(=O)CN1CCC2=CCCCC21. The summed E-state index contributed by atoms with van der Waals surface area (Å²) >= 11 is 0. The molecule has 0 bridgehead atoms. The van der Waals surface area contributed by atoms with Gasteiger partial charge in [-0.25, -0.2) is 0 Å². The van der Waals surface area contributed by atoms with E-state index < -0.39 is 0 Å². The Hall–Kier alpha value is -0.830. The van der Waals surface area contributed by atoms with Crippen molar-refractivity contribution in [3.63, 3.8) is 0 Å². The number of carbonyl (C=O) groups excluding carboxylic acids is 1. The van der Waals surface area contributed by atoms with E-state index in [1.807, 2.05) is 6.92 Å². The van der Waals surface area contributed by atoms with Crippen molar-refractivity contribution in [3.8, 4) is 0 Å². The second kappa shape index (κ2) is 4.79. The first-order chi connectivity index (χ1) is 7.31. The van der Waals surface area contributed by atoms with Crippen LogP contribution in [0.2, 0.25) is 0 Å². The van der Waals surface area contributed by atoms with E-state index in [0.717, 1.165) is 13.0 Å². The van der Waals surface area contributed by atoms with Crippen LogP contribution < -0.4 is 0 Å². The molecule has 15 heavy (non-hydrogen) atoms. The molecule has 1 fully saturated rings. The van der Waals surface area contributed by atoms with Gasteiger partial charge in [0.15, 0.2) is 0 Å². The van der Waals surface area contributed by atoms with E-state index in [4.69, 9.17) is 4.74 Å². The van der Waals surface area contributed by atoms with E-state index >= 15 is 0 Å². The molecule has 0 spiro atoms. The van der Waals surface area contributed by atoms with Gasteiger partial charge in [0.05, 0.1) is 13.2 Å². The fourth-order valence-corrected chi connectivity index (χ4v) is 2.60. The maximum atomic E-state index is 11.4. The molecular weight excluding hydrogens is 190 g/mol. The van der Waals surface area contributed by atoms with Gasteiger partial charge in [0.25, 0.3) is 0 Å². The molecule has 1 atom stereocenters. The number of likely N-dealkylation sites (tertiary alicyclic amines) is 1. The third kappa shape index (κ3) is 2.40. The number of ether oxygens (including phenoxy) is 1. The van der Waals surface area contributed by atoms with Gasteiger partial charge in [0, 0.05) is 12.6 Å². The van der Waals surface area contributed by atoms with Crippen LogP contribution in [-0.4, -0.2) is 36.6 Å². The normalized spacial score (nSPS) is 25.9. The van der Waals surface area contributed by atoms with Crippen molar-refractivity contribution in [1.29, 1.82) is 0 Å². The molecular formula is C12H19NO2. The first-order valence-electron chi connectivity index (χ1n) is 5.90. The van der Waals surface area contributed by atoms with E-state index in [1.54, 1.807) is 5.57 Å². The molecule has 1 unspecified atom stereocenters. The van der Waals surface area contributed by atoms with Crippen molar-refractivity contribution >= 4 is 5.97 Å². The smallest absolute Gasteiger partial charge is 0.320 e. The largest absolute Gasteiger partial charge is 0.465 e. The number of hydrogen-bond donors (Lipinski definition) is 0. The summed E-state index contributed by atoms with van der Waals surface area (Å²) in [6, 6.07) is 0.531. The molecule has 1 heterocycles. The van der Waals surface area contributed by atoms with Gasteiger partial charge in [-0.1, -0.05) is 11.6 Å². The van der Waals surface area contributed by atoms with Crippen LogP contribution in [-0.2, 0) is 9.53 Å². The van der Waals surface area contributed by atoms with E-state index in [-0.39, 0.29) is 5.97 Å². The third-order valence-corrected chi connectivity index (χ3v) is 3.28. The molecule has 84 valence electrons. The van der Waals surface area contributed by atoms with Crippen molar-refractivity contribution in [3.05, 3.63) is 11.6 Å². The molecule has 0 aromatic heterocycles. The number of rotatable bonds is 3. The standard InChI is InChI=1S/C12H19NO2/c1-2-15-12(14)9-13-8-7-10-5-3-4-6-11(10)13/h5,11H,2-4,6-9H2,1H3.